The monoisotopic (exact) mass is 222 g/mol. The molecule has 0 spiro atoms. The molecule has 1 aliphatic rings. The fourth-order valence-electron chi connectivity index (χ4n) is 2.37. The van der Waals surface area contributed by atoms with Gasteiger partial charge in [-0.2, -0.15) is 0 Å². The van der Waals surface area contributed by atoms with Gasteiger partial charge in [0.1, 0.15) is 5.76 Å². The lowest BCUT2D eigenvalue weighted by molar-refractivity contribution is 0.318. The Balaban J connectivity index is 1.69. The van der Waals surface area contributed by atoms with Crippen LogP contribution in [0.25, 0.3) is 0 Å². The molecule has 0 aromatic carbocycles. The highest BCUT2D eigenvalue weighted by molar-refractivity contribution is 4.99. The van der Waals surface area contributed by atoms with Crippen LogP contribution >= 0.6 is 0 Å². The van der Waals surface area contributed by atoms with Crippen molar-refractivity contribution in [2.75, 3.05) is 19.6 Å². The van der Waals surface area contributed by atoms with Gasteiger partial charge in [0.2, 0.25) is 0 Å². The van der Waals surface area contributed by atoms with Gasteiger partial charge in [-0.3, -0.25) is 0 Å². The lowest BCUT2D eigenvalue weighted by Gasteiger charge is -2.17. The number of nitrogens with zero attached hydrogens (tertiary/aromatic N) is 1. The van der Waals surface area contributed by atoms with Gasteiger partial charge in [0.05, 0.1) is 6.26 Å². The SMILES string of the molecule is CC(C)NC1CCN(CCc2ccco2)C1. The first-order chi connectivity index (χ1) is 7.74. The van der Waals surface area contributed by atoms with Crippen LogP contribution in [-0.2, 0) is 6.42 Å². The molecule has 0 radical (unpaired) electrons. The molecule has 3 nitrogen and oxygen atoms in total. The Morgan fingerprint density at radius 2 is 2.44 bits per heavy atom. The summed E-state index contributed by atoms with van der Waals surface area (Å²) in [6.07, 6.45) is 4.06. The Morgan fingerprint density at radius 1 is 1.56 bits per heavy atom. The molecule has 1 N–H and O–H groups in total. The normalized spacial score (nSPS) is 22.1. The summed E-state index contributed by atoms with van der Waals surface area (Å²) in [5.41, 5.74) is 0. The van der Waals surface area contributed by atoms with Crippen LogP contribution in [0, 0.1) is 0 Å². The Bertz CT molecular complexity index is 295. The molecule has 0 saturated carbocycles. The molecule has 0 amide bonds. The maximum atomic E-state index is 5.34. The number of likely N-dealkylation sites (tertiary alicyclic amines) is 1. The fourth-order valence-corrected chi connectivity index (χ4v) is 2.37. The lowest BCUT2D eigenvalue weighted by atomic mass is 10.2. The van der Waals surface area contributed by atoms with Crippen molar-refractivity contribution < 1.29 is 4.42 Å². The number of rotatable bonds is 5. The maximum Gasteiger partial charge on any atom is 0.105 e. The molecule has 0 bridgehead atoms. The molecule has 1 aromatic rings. The standard InChI is InChI=1S/C13H22N2O/c1-11(2)14-12-5-7-15(10-12)8-6-13-4-3-9-16-13/h3-4,9,11-12,14H,5-8,10H2,1-2H3. The van der Waals surface area contributed by atoms with Gasteiger partial charge < -0.3 is 14.6 Å². The summed E-state index contributed by atoms with van der Waals surface area (Å²) in [4.78, 5) is 2.52. The largest absolute Gasteiger partial charge is 0.469 e. The van der Waals surface area contributed by atoms with E-state index in [0.717, 1.165) is 18.7 Å². The molecule has 2 heterocycles. The van der Waals surface area contributed by atoms with E-state index < -0.39 is 0 Å². The van der Waals surface area contributed by atoms with Crippen molar-refractivity contribution in [2.24, 2.45) is 0 Å². The quantitative estimate of drug-likeness (QED) is 0.824. The summed E-state index contributed by atoms with van der Waals surface area (Å²) < 4.78 is 5.34. The van der Waals surface area contributed by atoms with Gasteiger partial charge in [0.15, 0.2) is 0 Å². The molecule has 1 atom stereocenters. The second-order valence-corrected chi connectivity index (χ2v) is 4.94. The van der Waals surface area contributed by atoms with Crippen molar-refractivity contribution in [1.29, 1.82) is 0 Å². The minimum atomic E-state index is 0.593. The van der Waals surface area contributed by atoms with Crippen LogP contribution in [0.4, 0.5) is 0 Å². The average molecular weight is 222 g/mol. The number of nitrogens with one attached hydrogen (secondary N) is 1. The summed E-state index contributed by atoms with van der Waals surface area (Å²) in [5.74, 6) is 1.10. The number of hydrogen-bond acceptors (Lipinski definition) is 3. The minimum Gasteiger partial charge on any atom is -0.469 e. The molecular formula is C13H22N2O. The van der Waals surface area contributed by atoms with E-state index in [1.54, 1.807) is 6.26 Å². The maximum absolute atomic E-state index is 5.34. The van der Waals surface area contributed by atoms with Gasteiger partial charge in [0.25, 0.3) is 0 Å². The molecule has 1 unspecified atom stereocenters. The minimum absolute atomic E-state index is 0.593. The first-order valence-corrected chi connectivity index (χ1v) is 6.25. The highest BCUT2D eigenvalue weighted by atomic mass is 16.3. The molecule has 16 heavy (non-hydrogen) atoms. The zero-order valence-corrected chi connectivity index (χ0v) is 10.3. The highest BCUT2D eigenvalue weighted by Gasteiger charge is 2.22. The van der Waals surface area contributed by atoms with Crippen molar-refractivity contribution >= 4 is 0 Å². The van der Waals surface area contributed by atoms with Gasteiger partial charge >= 0.3 is 0 Å². The smallest absolute Gasteiger partial charge is 0.105 e. The third-order valence-electron chi connectivity index (χ3n) is 3.10. The first kappa shape index (κ1) is 11.7. The van der Waals surface area contributed by atoms with Crippen LogP contribution < -0.4 is 5.32 Å². The summed E-state index contributed by atoms with van der Waals surface area (Å²) in [5, 5.41) is 3.60. The van der Waals surface area contributed by atoms with Crippen LogP contribution in [0.2, 0.25) is 0 Å². The van der Waals surface area contributed by atoms with Gasteiger partial charge in [-0.25, -0.2) is 0 Å². The van der Waals surface area contributed by atoms with E-state index >= 15 is 0 Å². The molecule has 0 aliphatic carbocycles. The summed E-state index contributed by atoms with van der Waals surface area (Å²) in [7, 11) is 0. The number of hydrogen-bond donors (Lipinski definition) is 1. The Labute approximate surface area is 97.8 Å². The summed E-state index contributed by atoms with van der Waals surface area (Å²) in [6.45, 7) is 7.94. The van der Waals surface area contributed by atoms with Crippen LogP contribution in [-0.4, -0.2) is 36.6 Å². The van der Waals surface area contributed by atoms with E-state index in [4.69, 9.17) is 4.42 Å². The van der Waals surface area contributed by atoms with Crippen LogP contribution in [0.5, 0.6) is 0 Å². The van der Waals surface area contributed by atoms with Gasteiger partial charge in [-0.05, 0) is 25.1 Å². The van der Waals surface area contributed by atoms with Crippen molar-refractivity contribution in [3.05, 3.63) is 24.2 Å². The van der Waals surface area contributed by atoms with Crippen molar-refractivity contribution in [3.8, 4) is 0 Å². The molecule has 1 fully saturated rings. The van der Waals surface area contributed by atoms with Crippen LogP contribution in [0.3, 0.4) is 0 Å². The molecule has 1 aliphatic heterocycles. The lowest BCUT2D eigenvalue weighted by Crippen LogP contribution is -2.37. The molecular weight excluding hydrogens is 200 g/mol. The molecule has 1 aromatic heterocycles. The van der Waals surface area contributed by atoms with E-state index in [1.807, 2.05) is 6.07 Å². The summed E-state index contributed by atoms with van der Waals surface area (Å²) in [6, 6.07) is 5.29. The second-order valence-electron chi connectivity index (χ2n) is 4.94. The predicted molar refractivity (Wildman–Crippen MR) is 65.5 cm³/mol. The zero-order valence-electron chi connectivity index (χ0n) is 10.3. The molecule has 1 saturated heterocycles. The number of furan rings is 1. The van der Waals surface area contributed by atoms with Crippen molar-refractivity contribution in [2.45, 2.75) is 38.8 Å². The van der Waals surface area contributed by atoms with Gasteiger partial charge in [-0.1, -0.05) is 13.8 Å². The molecule has 2 rings (SSSR count). The first-order valence-electron chi connectivity index (χ1n) is 6.25. The van der Waals surface area contributed by atoms with Crippen LogP contribution in [0.15, 0.2) is 22.8 Å². The Kier molecular flexibility index (Phi) is 4.02. The van der Waals surface area contributed by atoms with E-state index in [0.29, 0.717) is 12.1 Å². The summed E-state index contributed by atoms with van der Waals surface area (Å²) >= 11 is 0. The van der Waals surface area contributed by atoms with E-state index in [-0.39, 0.29) is 0 Å². The third kappa shape index (κ3) is 3.35. The van der Waals surface area contributed by atoms with Crippen molar-refractivity contribution in [1.82, 2.24) is 10.2 Å². The third-order valence-corrected chi connectivity index (χ3v) is 3.10. The van der Waals surface area contributed by atoms with E-state index in [2.05, 4.69) is 30.1 Å². The van der Waals surface area contributed by atoms with E-state index in [9.17, 15) is 0 Å². The van der Waals surface area contributed by atoms with E-state index in [1.165, 1.54) is 19.5 Å². The predicted octanol–water partition coefficient (Wildman–Crippen LogP) is 1.89. The molecule has 3 heteroatoms. The van der Waals surface area contributed by atoms with Crippen LogP contribution in [0.1, 0.15) is 26.0 Å². The molecule has 90 valence electrons. The average Bonchev–Trinajstić information content (AvgIpc) is 2.84. The fraction of sp³-hybridized carbons (Fsp3) is 0.692. The topological polar surface area (TPSA) is 28.4 Å². The Hall–Kier alpha value is -0.800. The van der Waals surface area contributed by atoms with Gasteiger partial charge in [-0.15, -0.1) is 0 Å². The van der Waals surface area contributed by atoms with Crippen molar-refractivity contribution in [3.63, 3.8) is 0 Å². The Morgan fingerprint density at radius 3 is 3.12 bits per heavy atom. The second kappa shape index (κ2) is 5.51. The van der Waals surface area contributed by atoms with Gasteiger partial charge in [0, 0.05) is 31.6 Å². The highest BCUT2D eigenvalue weighted by Crippen LogP contribution is 2.11. The zero-order chi connectivity index (χ0) is 11.4.